The molecule has 0 saturated carbocycles. The predicted octanol–water partition coefficient (Wildman–Crippen LogP) is 2.23. The normalized spacial score (nSPS) is 18.9. The minimum absolute atomic E-state index is 0.262. The van der Waals surface area contributed by atoms with Crippen molar-refractivity contribution < 1.29 is 19.4 Å². The van der Waals surface area contributed by atoms with Gasteiger partial charge in [-0.25, -0.2) is 4.79 Å². The highest BCUT2D eigenvalue weighted by atomic mass is 16.5. The molecule has 1 aliphatic rings. The highest BCUT2D eigenvalue weighted by Crippen LogP contribution is 2.23. The first-order chi connectivity index (χ1) is 9.20. The summed E-state index contributed by atoms with van der Waals surface area (Å²) >= 11 is 0. The fraction of sp³-hybridized carbons (Fsp3) is 0.500. The van der Waals surface area contributed by atoms with Gasteiger partial charge in [-0.15, -0.1) is 0 Å². The van der Waals surface area contributed by atoms with Crippen molar-refractivity contribution in [1.82, 2.24) is 0 Å². The molecule has 0 aliphatic carbocycles. The van der Waals surface area contributed by atoms with E-state index in [-0.39, 0.29) is 5.56 Å². The van der Waals surface area contributed by atoms with Crippen molar-refractivity contribution in [3.63, 3.8) is 0 Å². The Morgan fingerprint density at radius 1 is 1.58 bits per heavy atom. The summed E-state index contributed by atoms with van der Waals surface area (Å²) in [6.45, 7) is 2.28. The molecule has 5 heteroatoms. The van der Waals surface area contributed by atoms with Crippen molar-refractivity contribution in [3.05, 3.63) is 23.8 Å². The summed E-state index contributed by atoms with van der Waals surface area (Å²) in [5.41, 5.74) is 0.856. The summed E-state index contributed by atoms with van der Waals surface area (Å²) in [6, 6.07) is 4.92. The van der Waals surface area contributed by atoms with Crippen molar-refractivity contribution in [1.29, 1.82) is 0 Å². The number of hydrogen-bond acceptors (Lipinski definition) is 4. The van der Waals surface area contributed by atoms with Crippen LogP contribution in [0.4, 0.5) is 5.69 Å². The summed E-state index contributed by atoms with van der Waals surface area (Å²) in [5.74, 6) is 0.138. The summed E-state index contributed by atoms with van der Waals surface area (Å²) in [6.07, 6.45) is 2.18. The second-order valence-electron chi connectivity index (χ2n) is 4.68. The van der Waals surface area contributed by atoms with Gasteiger partial charge in [-0.1, -0.05) is 0 Å². The molecule has 0 bridgehead atoms. The molecule has 2 rings (SSSR count). The Bertz CT molecular complexity index is 441. The topological polar surface area (TPSA) is 67.8 Å². The van der Waals surface area contributed by atoms with Crippen molar-refractivity contribution in [3.8, 4) is 5.75 Å². The lowest BCUT2D eigenvalue weighted by Crippen LogP contribution is -2.24. The zero-order valence-electron chi connectivity index (χ0n) is 11.0. The van der Waals surface area contributed by atoms with Crippen LogP contribution in [0.3, 0.4) is 0 Å². The predicted molar refractivity (Wildman–Crippen MR) is 72.0 cm³/mol. The quantitative estimate of drug-likeness (QED) is 0.854. The number of hydrogen-bond donors (Lipinski definition) is 2. The number of anilines is 1. The van der Waals surface area contributed by atoms with Gasteiger partial charge in [0.2, 0.25) is 0 Å². The Morgan fingerprint density at radius 3 is 3.05 bits per heavy atom. The largest absolute Gasteiger partial charge is 0.497 e. The number of carboxylic acid groups (broad SMARTS) is 1. The number of ether oxygens (including phenoxy) is 2. The van der Waals surface area contributed by atoms with Gasteiger partial charge in [0, 0.05) is 19.2 Å². The smallest absolute Gasteiger partial charge is 0.337 e. The fourth-order valence-electron chi connectivity index (χ4n) is 2.21. The molecule has 1 atom stereocenters. The number of nitrogens with one attached hydrogen (secondary N) is 1. The number of carbonyl (C=O) groups is 1. The maximum Gasteiger partial charge on any atom is 0.337 e. The van der Waals surface area contributed by atoms with Crippen molar-refractivity contribution in [2.75, 3.05) is 32.2 Å². The van der Waals surface area contributed by atoms with E-state index >= 15 is 0 Å². The van der Waals surface area contributed by atoms with Gasteiger partial charge in [0.1, 0.15) is 5.75 Å². The standard InChI is InChI=1S/C14H19NO4/c1-18-11-4-5-12(14(16)17)13(7-11)15-8-10-3-2-6-19-9-10/h4-5,7,10,15H,2-3,6,8-9H2,1H3,(H,16,17). The SMILES string of the molecule is COc1ccc(C(=O)O)c(NCC2CCCOC2)c1. The van der Waals surface area contributed by atoms with E-state index in [9.17, 15) is 4.79 Å². The van der Waals surface area contributed by atoms with Gasteiger partial charge < -0.3 is 19.9 Å². The zero-order chi connectivity index (χ0) is 13.7. The third kappa shape index (κ3) is 3.61. The van der Waals surface area contributed by atoms with Gasteiger partial charge in [0.25, 0.3) is 0 Å². The first-order valence-corrected chi connectivity index (χ1v) is 6.43. The molecule has 1 heterocycles. The van der Waals surface area contributed by atoms with Crippen molar-refractivity contribution in [2.24, 2.45) is 5.92 Å². The van der Waals surface area contributed by atoms with E-state index < -0.39 is 5.97 Å². The van der Waals surface area contributed by atoms with Crippen LogP contribution in [0.1, 0.15) is 23.2 Å². The van der Waals surface area contributed by atoms with Crippen LogP contribution in [-0.2, 0) is 4.74 Å². The first-order valence-electron chi connectivity index (χ1n) is 6.43. The third-order valence-corrected chi connectivity index (χ3v) is 3.29. The summed E-state index contributed by atoms with van der Waals surface area (Å²) in [4.78, 5) is 11.2. The van der Waals surface area contributed by atoms with E-state index in [0.717, 1.165) is 26.1 Å². The Morgan fingerprint density at radius 2 is 2.42 bits per heavy atom. The molecule has 1 unspecified atom stereocenters. The molecule has 0 aromatic heterocycles. The highest BCUT2D eigenvalue weighted by Gasteiger charge is 2.16. The number of methoxy groups -OCH3 is 1. The Kier molecular flexibility index (Phi) is 4.63. The summed E-state index contributed by atoms with van der Waals surface area (Å²) in [7, 11) is 1.56. The van der Waals surface area contributed by atoms with E-state index in [0.29, 0.717) is 23.9 Å². The van der Waals surface area contributed by atoms with Gasteiger partial charge in [-0.2, -0.15) is 0 Å². The van der Waals surface area contributed by atoms with E-state index in [2.05, 4.69) is 5.32 Å². The average Bonchev–Trinajstić information content (AvgIpc) is 2.45. The molecule has 0 spiro atoms. The third-order valence-electron chi connectivity index (χ3n) is 3.29. The highest BCUT2D eigenvalue weighted by molar-refractivity contribution is 5.94. The van der Waals surface area contributed by atoms with E-state index in [1.54, 1.807) is 25.3 Å². The molecule has 1 saturated heterocycles. The van der Waals surface area contributed by atoms with E-state index in [4.69, 9.17) is 14.6 Å². The molecule has 5 nitrogen and oxygen atoms in total. The second-order valence-corrected chi connectivity index (χ2v) is 4.68. The molecule has 1 aromatic rings. The van der Waals surface area contributed by atoms with Crippen LogP contribution in [0, 0.1) is 5.92 Å². The van der Waals surface area contributed by atoms with E-state index in [1.807, 2.05) is 0 Å². The molecule has 1 aliphatic heterocycles. The van der Waals surface area contributed by atoms with Crippen LogP contribution in [0.2, 0.25) is 0 Å². The number of aromatic carboxylic acids is 1. The van der Waals surface area contributed by atoms with Crippen LogP contribution in [-0.4, -0.2) is 37.9 Å². The van der Waals surface area contributed by atoms with Gasteiger partial charge in [-0.05, 0) is 30.9 Å². The molecule has 0 amide bonds. The van der Waals surface area contributed by atoms with Crippen LogP contribution in [0.15, 0.2) is 18.2 Å². The minimum Gasteiger partial charge on any atom is -0.497 e. The van der Waals surface area contributed by atoms with Crippen LogP contribution in [0.25, 0.3) is 0 Å². The molecule has 1 aromatic carbocycles. The lowest BCUT2D eigenvalue weighted by molar-refractivity contribution is 0.0595. The van der Waals surface area contributed by atoms with Gasteiger partial charge in [-0.3, -0.25) is 0 Å². The Balaban J connectivity index is 2.06. The Labute approximate surface area is 112 Å². The lowest BCUT2D eigenvalue weighted by Gasteiger charge is -2.23. The van der Waals surface area contributed by atoms with Crippen LogP contribution in [0.5, 0.6) is 5.75 Å². The second kappa shape index (κ2) is 6.43. The molecular weight excluding hydrogens is 246 g/mol. The molecule has 0 radical (unpaired) electrons. The van der Waals surface area contributed by atoms with Crippen molar-refractivity contribution >= 4 is 11.7 Å². The molecule has 1 fully saturated rings. The minimum atomic E-state index is -0.940. The number of rotatable bonds is 5. The average molecular weight is 265 g/mol. The van der Waals surface area contributed by atoms with Crippen LogP contribution >= 0.6 is 0 Å². The molecule has 104 valence electrons. The zero-order valence-corrected chi connectivity index (χ0v) is 11.0. The van der Waals surface area contributed by atoms with Gasteiger partial charge >= 0.3 is 5.97 Å². The van der Waals surface area contributed by atoms with Crippen molar-refractivity contribution in [2.45, 2.75) is 12.8 Å². The number of carboxylic acids is 1. The fourth-order valence-corrected chi connectivity index (χ4v) is 2.21. The van der Waals surface area contributed by atoms with E-state index in [1.165, 1.54) is 0 Å². The maximum atomic E-state index is 11.2. The van der Waals surface area contributed by atoms with Gasteiger partial charge in [0.05, 0.1) is 25.0 Å². The lowest BCUT2D eigenvalue weighted by atomic mass is 10.0. The van der Waals surface area contributed by atoms with Gasteiger partial charge in [0.15, 0.2) is 0 Å². The Hall–Kier alpha value is -1.75. The molecule has 2 N–H and O–H groups in total. The molecular formula is C14H19NO4. The monoisotopic (exact) mass is 265 g/mol. The molecule has 19 heavy (non-hydrogen) atoms. The number of benzene rings is 1. The maximum absolute atomic E-state index is 11.2. The summed E-state index contributed by atoms with van der Waals surface area (Å²) < 4.78 is 10.5. The first kappa shape index (κ1) is 13.7. The van der Waals surface area contributed by atoms with Crippen LogP contribution < -0.4 is 10.1 Å². The summed E-state index contributed by atoms with van der Waals surface area (Å²) in [5, 5.41) is 12.4.